The second-order valence-electron chi connectivity index (χ2n) is 6.01. The minimum Gasteiger partial charge on any atom is -0.437 e. The molecule has 1 aromatic carbocycles. The van der Waals surface area contributed by atoms with Gasteiger partial charge >= 0.3 is 13.4 Å². The highest BCUT2D eigenvalue weighted by atomic mass is 19.4. The molecule has 1 N–H and O–H groups in total. The van der Waals surface area contributed by atoms with Crippen molar-refractivity contribution in [3.05, 3.63) is 29.8 Å². The second kappa shape index (κ2) is 7.11. The Bertz CT molecular complexity index is 510. The van der Waals surface area contributed by atoms with Crippen LogP contribution in [-0.2, 0) is 0 Å². The van der Waals surface area contributed by atoms with Crippen LogP contribution < -0.4 is 4.74 Å². The molecule has 0 amide bonds. The first-order chi connectivity index (χ1) is 10.7. The molecule has 4 nitrogen and oxygen atoms in total. The molecule has 0 aromatic heterocycles. The van der Waals surface area contributed by atoms with Gasteiger partial charge in [-0.2, -0.15) is 0 Å². The van der Waals surface area contributed by atoms with E-state index in [1.807, 2.05) is 11.7 Å². The van der Waals surface area contributed by atoms with Gasteiger partial charge < -0.3 is 14.6 Å². The second-order valence-corrected chi connectivity index (χ2v) is 6.01. The topological polar surface area (TPSA) is 35.9 Å². The Morgan fingerprint density at radius 1 is 1.26 bits per heavy atom. The molecule has 1 aliphatic heterocycles. The summed E-state index contributed by atoms with van der Waals surface area (Å²) in [6.07, 6.45) is -4.67. The van der Waals surface area contributed by atoms with E-state index in [-0.39, 0.29) is 17.8 Å². The molecule has 2 unspecified atom stereocenters. The standard InChI is InChI=1S/C15H22BF3N2O2/c1-11-10-20(16(3)22)8-9-21(11)12(2)13-4-6-14(7-5-13)23-15(17,18)19/h4-7,11-12,22H,8-10H2,1-3H3. The van der Waals surface area contributed by atoms with E-state index in [1.54, 1.807) is 19.0 Å². The average molecular weight is 330 g/mol. The van der Waals surface area contributed by atoms with Crippen molar-refractivity contribution in [2.75, 3.05) is 19.6 Å². The van der Waals surface area contributed by atoms with Gasteiger partial charge in [0, 0.05) is 31.7 Å². The molecule has 2 rings (SSSR count). The Kier molecular flexibility index (Phi) is 5.59. The van der Waals surface area contributed by atoms with Crippen molar-refractivity contribution in [2.45, 2.75) is 39.1 Å². The third kappa shape index (κ3) is 4.86. The summed E-state index contributed by atoms with van der Waals surface area (Å²) in [6.45, 7) is 8.21. The first-order valence-electron chi connectivity index (χ1n) is 7.71. The fourth-order valence-electron chi connectivity index (χ4n) is 3.05. The van der Waals surface area contributed by atoms with Crippen LogP contribution in [0, 0.1) is 0 Å². The van der Waals surface area contributed by atoms with Crippen LogP contribution in [-0.4, -0.2) is 53.8 Å². The molecule has 1 heterocycles. The highest BCUT2D eigenvalue weighted by molar-refractivity contribution is 6.45. The van der Waals surface area contributed by atoms with Gasteiger partial charge in [-0.05, 0) is 38.4 Å². The quantitative estimate of drug-likeness (QED) is 0.862. The molecule has 2 atom stereocenters. The van der Waals surface area contributed by atoms with Crippen molar-refractivity contribution < 1.29 is 22.9 Å². The fraction of sp³-hybridized carbons (Fsp3) is 0.600. The highest BCUT2D eigenvalue weighted by Crippen LogP contribution is 2.28. The molecular formula is C15H22BF3N2O2. The fourth-order valence-corrected chi connectivity index (χ4v) is 3.05. The van der Waals surface area contributed by atoms with Crippen LogP contribution in [0.2, 0.25) is 6.82 Å². The lowest BCUT2D eigenvalue weighted by Crippen LogP contribution is -2.56. The Labute approximate surface area is 135 Å². The van der Waals surface area contributed by atoms with Crippen LogP contribution in [0.5, 0.6) is 5.75 Å². The molecule has 0 aliphatic carbocycles. The molecule has 0 radical (unpaired) electrons. The zero-order chi connectivity index (χ0) is 17.2. The number of ether oxygens (including phenoxy) is 1. The van der Waals surface area contributed by atoms with Crippen LogP contribution in [0.25, 0.3) is 0 Å². The molecular weight excluding hydrogens is 308 g/mol. The molecule has 0 spiro atoms. The number of benzene rings is 1. The van der Waals surface area contributed by atoms with Gasteiger partial charge in [0.2, 0.25) is 0 Å². The summed E-state index contributed by atoms with van der Waals surface area (Å²) >= 11 is 0. The summed E-state index contributed by atoms with van der Waals surface area (Å²) in [5.41, 5.74) is 0.942. The van der Waals surface area contributed by atoms with Crippen LogP contribution in [0.15, 0.2) is 24.3 Å². The molecule has 1 fully saturated rings. The smallest absolute Gasteiger partial charge is 0.437 e. The van der Waals surface area contributed by atoms with Gasteiger partial charge in [-0.3, -0.25) is 4.90 Å². The molecule has 1 aromatic rings. The lowest BCUT2D eigenvalue weighted by atomic mass is 9.83. The van der Waals surface area contributed by atoms with Crippen LogP contribution in [0.3, 0.4) is 0 Å². The summed E-state index contributed by atoms with van der Waals surface area (Å²) < 4.78 is 40.5. The monoisotopic (exact) mass is 330 g/mol. The minimum absolute atomic E-state index is 0.0843. The van der Waals surface area contributed by atoms with E-state index in [9.17, 15) is 18.2 Å². The Balaban J connectivity index is 2.01. The van der Waals surface area contributed by atoms with Gasteiger partial charge in [-0.15, -0.1) is 13.2 Å². The van der Waals surface area contributed by atoms with Crippen molar-refractivity contribution in [1.82, 2.24) is 9.71 Å². The predicted molar refractivity (Wildman–Crippen MR) is 83.1 cm³/mol. The van der Waals surface area contributed by atoms with E-state index in [4.69, 9.17) is 0 Å². The summed E-state index contributed by atoms with van der Waals surface area (Å²) in [4.78, 5) is 4.30. The predicted octanol–water partition coefficient (Wildman–Crippen LogP) is 2.76. The van der Waals surface area contributed by atoms with E-state index in [0.29, 0.717) is 0 Å². The molecule has 128 valence electrons. The SMILES string of the molecule is CB(O)N1CCN(C(C)c2ccc(OC(F)(F)F)cc2)C(C)C1. The van der Waals surface area contributed by atoms with Crippen molar-refractivity contribution in [3.8, 4) is 5.75 Å². The molecule has 1 saturated heterocycles. The average Bonchev–Trinajstić information content (AvgIpc) is 2.45. The molecule has 0 saturated carbocycles. The maximum Gasteiger partial charge on any atom is 0.573 e. The van der Waals surface area contributed by atoms with Crippen LogP contribution >= 0.6 is 0 Å². The van der Waals surface area contributed by atoms with E-state index in [2.05, 4.69) is 16.6 Å². The molecule has 1 aliphatic rings. The molecule has 23 heavy (non-hydrogen) atoms. The normalized spacial score (nSPS) is 22.0. The number of hydrogen-bond acceptors (Lipinski definition) is 4. The Hall–Kier alpha value is -1.25. The van der Waals surface area contributed by atoms with Crippen molar-refractivity contribution in [1.29, 1.82) is 0 Å². The number of alkyl halides is 3. The van der Waals surface area contributed by atoms with Crippen molar-refractivity contribution in [3.63, 3.8) is 0 Å². The minimum atomic E-state index is -4.67. The van der Waals surface area contributed by atoms with Crippen molar-refractivity contribution >= 4 is 7.05 Å². The van der Waals surface area contributed by atoms with Gasteiger partial charge in [0.05, 0.1) is 0 Å². The zero-order valence-electron chi connectivity index (χ0n) is 13.5. The van der Waals surface area contributed by atoms with Gasteiger partial charge in [0.25, 0.3) is 0 Å². The summed E-state index contributed by atoms with van der Waals surface area (Å²) in [5, 5.41) is 9.66. The first-order valence-corrected chi connectivity index (χ1v) is 7.71. The van der Waals surface area contributed by atoms with Gasteiger partial charge in [-0.25, -0.2) is 0 Å². The molecule has 0 bridgehead atoms. The molecule has 8 heteroatoms. The maximum atomic E-state index is 12.2. The Morgan fingerprint density at radius 2 is 1.87 bits per heavy atom. The van der Waals surface area contributed by atoms with Gasteiger partial charge in [0.1, 0.15) is 5.75 Å². The van der Waals surface area contributed by atoms with Gasteiger partial charge in [0.15, 0.2) is 0 Å². The largest absolute Gasteiger partial charge is 0.573 e. The maximum absolute atomic E-state index is 12.2. The van der Waals surface area contributed by atoms with Crippen LogP contribution in [0.1, 0.15) is 25.5 Å². The first kappa shape index (κ1) is 18.1. The summed E-state index contributed by atoms with van der Waals surface area (Å²) in [5.74, 6) is -0.208. The van der Waals surface area contributed by atoms with E-state index in [1.165, 1.54) is 12.1 Å². The summed E-state index contributed by atoms with van der Waals surface area (Å²) in [7, 11) is -0.464. The number of nitrogens with zero attached hydrogens (tertiary/aromatic N) is 2. The lowest BCUT2D eigenvalue weighted by molar-refractivity contribution is -0.274. The van der Waals surface area contributed by atoms with E-state index >= 15 is 0 Å². The number of rotatable bonds is 4. The number of halogens is 3. The van der Waals surface area contributed by atoms with Crippen molar-refractivity contribution in [2.24, 2.45) is 0 Å². The number of hydrogen-bond donors (Lipinski definition) is 1. The van der Waals surface area contributed by atoms with E-state index < -0.39 is 13.4 Å². The third-order valence-electron chi connectivity index (χ3n) is 4.33. The zero-order valence-corrected chi connectivity index (χ0v) is 13.5. The van der Waals surface area contributed by atoms with Gasteiger partial charge in [-0.1, -0.05) is 12.1 Å². The number of piperazine rings is 1. The van der Waals surface area contributed by atoms with E-state index in [0.717, 1.165) is 25.2 Å². The van der Waals surface area contributed by atoms with Crippen LogP contribution in [0.4, 0.5) is 13.2 Å². The highest BCUT2D eigenvalue weighted by Gasteiger charge is 2.32. The third-order valence-corrected chi connectivity index (χ3v) is 4.33. The lowest BCUT2D eigenvalue weighted by Gasteiger charge is -2.43. The Morgan fingerprint density at radius 3 is 2.35 bits per heavy atom. The summed E-state index contributed by atoms with van der Waals surface area (Å²) in [6, 6.07) is 6.35.